The molecule has 1 aliphatic rings. The molecule has 0 saturated carbocycles. The molecule has 0 radical (unpaired) electrons. The van der Waals surface area contributed by atoms with Crippen LogP contribution in [0.25, 0.3) is 0 Å². The predicted octanol–water partition coefficient (Wildman–Crippen LogP) is 2.71. The molecule has 104 valence electrons. The summed E-state index contributed by atoms with van der Waals surface area (Å²) < 4.78 is 18.2. The molecule has 0 spiro atoms. The van der Waals surface area contributed by atoms with Crippen molar-refractivity contribution in [3.8, 4) is 0 Å². The van der Waals surface area contributed by atoms with Gasteiger partial charge >= 0.3 is 0 Å². The molecule has 1 heterocycles. The monoisotopic (exact) mass is 285 g/mol. The first kappa shape index (κ1) is 14.3. The lowest BCUT2D eigenvalue weighted by atomic mass is 10.1. The van der Waals surface area contributed by atoms with Gasteiger partial charge in [0.1, 0.15) is 5.82 Å². The molecule has 2 rings (SSSR count). The Morgan fingerprint density at radius 3 is 2.84 bits per heavy atom. The molecule has 5 heteroatoms. The number of hydrogen-bond acceptors (Lipinski definition) is 2. The third-order valence-corrected chi connectivity index (χ3v) is 3.50. The molecular weight excluding hydrogens is 269 g/mol. The third kappa shape index (κ3) is 4.48. The van der Waals surface area contributed by atoms with Crippen LogP contribution in [0.1, 0.15) is 24.8 Å². The van der Waals surface area contributed by atoms with Gasteiger partial charge in [-0.15, -0.1) is 0 Å². The van der Waals surface area contributed by atoms with Crippen LogP contribution in [0.4, 0.5) is 4.39 Å². The summed E-state index contributed by atoms with van der Waals surface area (Å²) >= 11 is 5.70. The minimum absolute atomic E-state index is 0.0207. The number of nitrogens with one attached hydrogen (secondary N) is 1. The summed E-state index contributed by atoms with van der Waals surface area (Å²) in [6, 6.07) is 4.77. The summed E-state index contributed by atoms with van der Waals surface area (Å²) in [5, 5.41) is 3.09. The molecular formula is C14H17ClFNO2. The molecule has 0 atom stereocenters. The van der Waals surface area contributed by atoms with E-state index in [2.05, 4.69) is 5.32 Å². The van der Waals surface area contributed by atoms with Gasteiger partial charge < -0.3 is 10.1 Å². The first-order chi connectivity index (χ1) is 9.15. The fourth-order valence-electron chi connectivity index (χ4n) is 2.09. The van der Waals surface area contributed by atoms with Gasteiger partial charge in [-0.25, -0.2) is 4.39 Å². The van der Waals surface area contributed by atoms with Crippen LogP contribution in [0.15, 0.2) is 18.2 Å². The standard InChI is InChI=1S/C14H17ClFNO2/c15-12-9-10(1-3-13(12)16)2-4-14(18)17-11-5-7-19-8-6-11/h1,3,9,11H,2,4-8H2,(H,17,18). The zero-order valence-electron chi connectivity index (χ0n) is 10.6. The maximum absolute atomic E-state index is 13.0. The molecule has 0 bridgehead atoms. The number of amides is 1. The summed E-state index contributed by atoms with van der Waals surface area (Å²) in [7, 11) is 0. The Morgan fingerprint density at radius 2 is 2.16 bits per heavy atom. The normalized spacial score (nSPS) is 16.3. The van der Waals surface area contributed by atoms with Gasteiger partial charge in [0, 0.05) is 25.7 Å². The average molecular weight is 286 g/mol. The topological polar surface area (TPSA) is 38.3 Å². The summed E-state index contributed by atoms with van der Waals surface area (Å²) in [5.41, 5.74) is 0.869. The van der Waals surface area contributed by atoms with Crippen molar-refractivity contribution in [3.05, 3.63) is 34.6 Å². The van der Waals surface area contributed by atoms with Crippen LogP contribution in [0.5, 0.6) is 0 Å². The zero-order valence-corrected chi connectivity index (χ0v) is 11.4. The number of aryl methyl sites for hydroxylation is 1. The van der Waals surface area contributed by atoms with Crippen LogP contribution in [-0.4, -0.2) is 25.2 Å². The minimum atomic E-state index is -0.433. The van der Waals surface area contributed by atoms with Crippen molar-refractivity contribution in [2.24, 2.45) is 0 Å². The molecule has 1 amide bonds. The fourth-order valence-corrected chi connectivity index (χ4v) is 2.30. The smallest absolute Gasteiger partial charge is 0.220 e. The maximum atomic E-state index is 13.0. The van der Waals surface area contributed by atoms with Crippen LogP contribution in [-0.2, 0) is 16.0 Å². The van der Waals surface area contributed by atoms with Gasteiger partial charge in [-0.3, -0.25) is 4.79 Å². The lowest BCUT2D eigenvalue weighted by Gasteiger charge is -2.23. The van der Waals surface area contributed by atoms with Gasteiger partial charge in [-0.1, -0.05) is 17.7 Å². The Balaban J connectivity index is 1.77. The summed E-state index contributed by atoms with van der Waals surface area (Å²) in [6.07, 6.45) is 2.69. The van der Waals surface area contributed by atoms with Gasteiger partial charge in [0.15, 0.2) is 0 Å². The Labute approximate surface area is 117 Å². The predicted molar refractivity (Wildman–Crippen MR) is 71.7 cm³/mol. The van der Waals surface area contributed by atoms with Crippen molar-refractivity contribution in [2.45, 2.75) is 31.7 Å². The summed E-state index contributed by atoms with van der Waals surface area (Å²) in [4.78, 5) is 11.8. The summed E-state index contributed by atoms with van der Waals surface area (Å²) in [5.74, 6) is -0.413. The SMILES string of the molecule is O=C(CCc1ccc(F)c(Cl)c1)NC1CCOCC1. The van der Waals surface area contributed by atoms with E-state index < -0.39 is 5.82 Å². The Kier molecular flexibility index (Phi) is 5.16. The molecule has 0 aromatic heterocycles. The van der Waals surface area contributed by atoms with Crippen molar-refractivity contribution in [1.29, 1.82) is 0 Å². The molecule has 19 heavy (non-hydrogen) atoms. The van der Waals surface area contributed by atoms with Crippen LogP contribution in [0, 0.1) is 5.82 Å². The highest BCUT2D eigenvalue weighted by molar-refractivity contribution is 6.30. The fraction of sp³-hybridized carbons (Fsp3) is 0.500. The molecule has 1 aliphatic heterocycles. The number of halogens is 2. The molecule has 1 saturated heterocycles. The van der Waals surface area contributed by atoms with Crippen molar-refractivity contribution in [3.63, 3.8) is 0 Å². The van der Waals surface area contributed by atoms with Crippen molar-refractivity contribution >= 4 is 17.5 Å². The molecule has 1 aromatic rings. The van der Waals surface area contributed by atoms with E-state index in [4.69, 9.17) is 16.3 Å². The third-order valence-electron chi connectivity index (χ3n) is 3.21. The quantitative estimate of drug-likeness (QED) is 0.924. The largest absolute Gasteiger partial charge is 0.381 e. The van der Waals surface area contributed by atoms with E-state index in [0.29, 0.717) is 26.1 Å². The lowest BCUT2D eigenvalue weighted by molar-refractivity contribution is -0.122. The first-order valence-electron chi connectivity index (χ1n) is 6.46. The number of ether oxygens (including phenoxy) is 1. The second kappa shape index (κ2) is 6.87. The van der Waals surface area contributed by atoms with Crippen molar-refractivity contribution in [1.82, 2.24) is 5.32 Å². The van der Waals surface area contributed by atoms with Gasteiger partial charge in [0.2, 0.25) is 5.91 Å². The minimum Gasteiger partial charge on any atom is -0.381 e. The van der Waals surface area contributed by atoms with Crippen LogP contribution in [0.2, 0.25) is 5.02 Å². The number of benzene rings is 1. The van der Waals surface area contributed by atoms with Gasteiger partial charge in [0.25, 0.3) is 0 Å². The van der Waals surface area contributed by atoms with Gasteiger partial charge in [0.05, 0.1) is 5.02 Å². The molecule has 1 N–H and O–H groups in total. The molecule has 0 unspecified atom stereocenters. The van der Waals surface area contributed by atoms with E-state index in [1.165, 1.54) is 6.07 Å². The molecule has 3 nitrogen and oxygen atoms in total. The van der Waals surface area contributed by atoms with Crippen LogP contribution in [0.3, 0.4) is 0 Å². The molecule has 0 aliphatic carbocycles. The van der Waals surface area contributed by atoms with E-state index in [-0.39, 0.29) is 17.0 Å². The van der Waals surface area contributed by atoms with E-state index in [0.717, 1.165) is 18.4 Å². The van der Waals surface area contributed by atoms with Crippen molar-refractivity contribution < 1.29 is 13.9 Å². The number of rotatable bonds is 4. The average Bonchev–Trinajstić information content (AvgIpc) is 2.41. The van der Waals surface area contributed by atoms with E-state index in [1.54, 1.807) is 12.1 Å². The highest BCUT2D eigenvalue weighted by Crippen LogP contribution is 2.17. The highest BCUT2D eigenvalue weighted by atomic mass is 35.5. The maximum Gasteiger partial charge on any atom is 0.220 e. The number of carbonyl (C=O) groups excluding carboxylic acids is 1. The van der Waals surface area contributed by atoms with E-state index >= 15 is 0 Å². The van der Waals surface area contributed by atoms with Gasteiger partial charge in [-0.05, 0) is 37.0 Å². The Hall–Kier alpha value is -1.13. The molecule has 1 fully saturated rings. The van der Waals surface area contributed by atoms with Crippen LogP contribution < -0.4 is 5.32 Å². The second-order valence-corrected chi connectivity index (χ2v) is 5.11. The molecule has 1 aromatic carbocycles. The highest BCUT2D eigenvalue weighted by Gasteiger charge is 2.15. The number of carbonyl (C=O) groups is 1. The van der Waals surface area contributed by atoms with E-state index in [1.807, 2.05) is 0 Å². The van der Waals surface area contributed by atoms with E-state index in [9.17, 15) is 9.18 Å². The van der Waals surface area contributed by atoms with Gasteiger partial charge in [-0.2, -0.15) is 0 Å². The Morgan fingerprint density at radius 1 is 1.42 bits per heavy atom. The Bertz CT molecular complexity index is 447. The second-order valence-electron chi connectivity index (χ2n) is 4.70. The van der Waals surface area contributed by atoms with Crippen molar-refractivity contribution in [2.75, 3.05) is 13.2 Å². The zero-order chi connectivity index (χ0) is 13.7. The summed E-state index contributed by atoms with van der Waals surface area (Å²) in [6.45, 7) is 1.41. The first-order valence-corrected chi connectivity index (χ1v) is 6.84. The number of hydrogen-bond donors (Lipinski definition) is 1. The lowest BCUT2D eigenvalue weighted by Crippen LogP contribution is -2.38. The van der Waals surface area contributed by atoms with Crippen LogP contribution >= 0.6 is 11.6 Å².